The first-order valence-corrected chi connectivity index (χ1v) is 11.9. The van der Waals surface area contributed by atoms with Crippen molar-refractivity contribution in [1.29, 1.82) is 0 Å². The predicted octanol–water partition coefficient (Wildman–Crippen LogP) is 5.82. The van der Waals surface area contributed by atoms with Crippen LogP contribution in [-0.2, 0) is 17.9 Å². The maximum atomic E-state index is 10.2. The minimum Gasteiger partial charge on any atom is -0.395 e. The zero-order valence-corrected chi connectivity index (χ0v) is 18.6. The van der Waals surface area contributed by atoms with Gasteiger partial charge in [0.15, 0.2) is 0 Å². The molecule has 1 saturated heterocycles. The Balaban J connectivity index is 1.61. The smallest absolute Gasteiger partial charge is 0.0797 e. The van der Waals surface area contributed by atoms with Crippen LogP contribution in [-0.4, -0.2) is 35.3 Å². The number of benzene rings is 2. The number of hydrogen-bond acceptors (Lipinski definition) is 3. The Bertz CT molecular complexity index is 691. The van der Waals surface area contributed by atoms with E-state index in [1.165, 1.54) is 56.1 Å². The molecule has 1 aliphatic heterocycles. The van der Waals surface area contributed by atoms with Crippen molar-refractivity contribution in [2.45, 2.75) is 77.2 Å². The van der Waals surface area contributed by atoms with Crippen molar-refractivity contribution in [1.82, 2.24) is 4.90 Å². The zero-order valence-electron chi connectivity index (χ0n) is 18.6. The Kier molecular flexibility index (Phi) is 9.88. The predicted molar refractivity (Wildman–Crippen MR) is 124 cm³/mol. The van der Waals surface area contributed by atoms with E-state index < -0.39 is 0 Å². The number of likely N-dealkylation sites (tertiary alicyclic amines) is 1. The quantitative estimate of drug-likeness (QED) is 0.423. The average Bonchev–Trinajstić information content (AvgIpc) is 3.12. The molecular formula is C27H39NO2. The number of nitrogens with zero attached hydrogens (tertiary/aromatic N) is 1. The van der Waals surface area contributed by atoms with Gasteiger partial charge in [0.05, 0.1) is 25.4 Å². The average molecular weight is 410 g/mol. The summed E-state index contributed by atoms with van der Waals surface area (Å²) in [6.07, 6.45) is 9.19. The summed E-state index contributed by atoms with van der Waals surface area (Å²) in [7, 11) is 0. The van der Waals surface area contributed by atoms with Gasteiger partial charge >= 0.3 is 0 Å². The van der Waals surface area contributed by atoms with Crippen molar-refractivity contribution >= 4 is 0 Å². The van der Waals surface area contributed by atoms with Crippen molar-refractivity contribution in [3.05, 3.63) is 71.8 Å². The molecule has 0 spiro atoms. The molecule has 0 aliphatic carbocycles. The molecule has 2 aromatic rings. The third kappa shape index (κ3) is 6.94. The van der Waals surface area contributed by atoms with E-state index in [2.05, 4.69) is 66.4 Å². The van der Waals surface area contributed by atoms with E-state index in [-0.39, 0.29) is 18.8 Å². The van der Waals surface area contributed by atoms with Gasteiger partial charge in [-0.25, -0.2) is 0 Å². The van der Waals surface area contributed by atoms with Crippen molar-refractivity contribution in [2.24, 2.45) is 5.92 Å². The molecule has 2 aromatic carbocycles. The molecule has 3 rings (SSSR count). The van der Waals surface area contributed by atoms with Gasteiger partial charge in [-0.1, -0.05) is 106 Å². The van der Waals surface area contributed by atoms with Gasteiger partial charge in [-0.2, -0.15) is 0 Å². The lowest BCUT2D eigenvalue weighted by Crippen LogP contribution is -2.39. The second kappa shape index (κ2) is 12.9. The molecule has 0 bridgehead atoms. The fraction of sp³-hybridized carbons (Fsp3) is 0.556. The highest BCUT2D eigenvalue weighted by Gasteiger charge is 2.41. The molecule has 3 heteroatoms. The van der Waals surface area contributed by atoms with Crippen molar-refractivity contribution in [3.8, 4) is 0 Å². The lowest BCUT2D eigenvalue weighted by atomic mass is 9.95. The fourth-order valence-corrected chi connectivity index (χ4v) is 4.74. The number of ether oxygens (including phenoxy) is 1. The summed E-state index contributed by atoms with van der Waals surface area (Å²) in [5, 5.41) is 10.2. The highest BCUT2D eigenvalue weighted by molar-refractivity contribution is 5.16. The monoisotopic (exact) mass is 409 g/mol. The summed E-state index contributed by atoms with van der Waals surface area (Å²) in [6.45, 7) is 4.93. The van der Waals surface area contributed by atoms with Crippen LogP contribution < -0.4 is 0 Å². The summed E-state index contributed by atoms with van der Waals surface area (Å²) in [5.74, 6) is 0.487. The molecule has 1 aliphatic rings. The second-order valence-electron chi connectivity index (χ2n) is 8.74. The summed E-state index contributed by atoms with van der Waals surface area (Å²) in [4.78, 5) is 2.44. The molecule has 1 heterocycles. The minimum absolute atomic E-state index is 0.0685. The molecule has 0 amide bonds. The van der Waals surface area contributed by atoms with E-state index in [0.717, 1.165) is 13.1 Å². The van der Waals surface area contributed by atoms with Crippen LogP contribution in [0, 0.1) is 5.92 Å². The van der Waals surface area contributed by atoms with E-state index in [1.54, 1.807) is 0 Å². The van der Waals surface area contributed by atoms with Crippen molar-refractivity contribution in [3.63, 3.8) is 0 Å². The topological polar surface area (TPSA) is 32.7 Å². The Morgan fingerprint density at radius 1 is 0.867 bits per heavy atom. The molecule has 0 aromatic heterocycles. The fourth-order valence-electron chi connectivity index (χ4n) is 4.74. The summed E-state index contributed by atoms with van der Waals surface area (Å²) < 4.78 is 6.47. The number of hydrogen-bond donors (Lipinski definition) is 1. The first kappa shape index (κ1) is 23.0. The van der Waals surface area contributed by atoms with Gasteiger partial charge in [0.25, 0.3) is 0 Å². The van der Waals surface area contributed by atoms with Crippen LogP contribution in [0.4, 0.5) is 0 Å². The van der Waals surface area contributed by atoms with Crippen LogP contribution in [0.5, 0.6) is 0 Å². The summed E-state index contributed by atoms with van der Waals surface area (Å²) in [6, 6.07) is 21.1. The van der Waals surface area contributed by atoms with Crippen LogP contribution in [0.15, 0.2) is 60.7 Å². The SMILES string of the molecule is CCCCCCCC[C@H]1CN(Cc2ccccc2)[C@@H](CO)[C@@H]1OCc1ccccc1. The maximum absolute atomic E-state index is 10.2. The molecule has 164 valence electrons. The van der Waals surface area contributed by atoms with Gasteiger partial charge < -0.3 is 9.84 Å². The van der Waals surface area contributed by atoms with Crippen LogP contribution in [0.2, 0.25) is 0 Å². The highest BCUT2D eigenvalue weighted by Crippen LogP contribution is 2.32. The van der Waals surface area contributed by atoms with E-state index in [9.17, 15) is 5.11 Å². The van der Waals surface area contributed by atoms with E-state index in [0.29, 0.717) is 12.5 Å². The van der Waals surface area contributed by atoms with Crippen molar-refractivity contribution < 1.29 is 9.84 Å². The number of aliphatic hydroxyl groups is 1. The van der Waals surface area contributed by atoms with Gasteiger partial charge in [-0.05, 0) is 23.5 Å². The van der Waals surface area contributed by atoms with Crippen LogP contribution in [0.25, 0.3) is 0 Å². The first-order valence-electron chi connectivity index (χ1n) is 11.9. The second-order valence-corrected chi connectivity index (χ2v) is 8.74. The molecule has 0 radical (unpaired) electrons. The minimum atomic E-state index is 0.0685. The molecule has 1 fully saturated rings. The number of aliphatic hydroxyl groups excluding tert-OH is 1. The van der Waals surface area contributed by atoms with Gasteiger partial charge in [-0.3, -0.25) is 4.90 Å². The van der Waals surface area contributed by atoms with E-state index in [1.807, 2.05) is 6.07 Å². The van der Waals surface area contributed by atoms with Crippen molar-refractivity contribution in [2.75, 3.05) is 13.2 Å². The van der Waals surface area contributed by atoms with E-state index in [4.69, 9.17) is 4.74 Å². The van der Waals surface area contributed by atoms with Gasteiger partial charge in [0.2, 0.25) is 0 Å². The van der Waals surface area contributed by atoms with E-state index >= 15 is 0 Å². The van der Waals surface area contributed by atoms with Gasteiger partial charge in [0.1, 0.15) is 0 Å². The Hall–Kier alpha value is -1.68. The molecule has 1 N–H and O–H groups in total. The lowest BCUT2D eigenvalue weighted by Gasteiger charge is -2.27. The Labute approximate surface area is 183 Å². The highest BCUT2D eigenvalue weighted by atomic mass is 16.5. The Morgan fingerprint density at radius 2 is 1.50 bits per heavy atom. The Morgan fingerprint density at radius 3 is 2.17 bits per heavy atom. The standard InChI is InChI=1S/C27H39NO2/c1-2-3-4-5-6-13-18-25-20-28(19-23-14-9-7-10-15-23)26(21-29)27(25)30-22-24-16-11-8-12-17-24/h7-12,14-17,25-27,29H,2-6,13,18-22H2,1H3/t25-,26-,27+/m0/s1. The van der Waals surface area contributed by atoms with Gasteiger partial charge in [-0.15, -0.1) is 0 Å². The normalized spacial score (nSPS) is 21.9. The largest absolute Gasteiger partial charge is 0.395 e. The summed E-state index contributed by atoms with van der Waals surface area (Å²) >= 11 is 0. The molecule has 3 nitrogen and oxygen atoms in total. The number of unbranched alkanes of at least 4 members (excludes halogenated alkanes) is 5. The summed E-state index contributed by atoms with van der Waals surface area (Å²) in [5.41, 5.74) is 2.51. The molecule has 3 atom stereocenters. The third-order valence-electron chi connectivity index (χ3n) is 6.41. The first-order chi connectivity index (χ1) is 14.8. The molecule has 30 heavy (non-hydrogen) atoms. The molecular weight excluding hydrogens is 370 g/mol. The van der Waals surface area contributed by atoms with Gasteiger partial charge in [0, 0.05) is 13.1 Å². The third-order valence-corrected chi connectivity index (χ3v) is 6.41. The molecule has 0 saturated carbocycles. The lowest BCUT2D eigenvalue weighted by molar-refractivity contribution is -0.0215. The van der Waals surface area contributed by atoms with Crippen LogP contribution in [0.3, 0.4) is 0 Å². The van der Waals surface area contributed by atoms with Crippen LogP contribution in [0.1, 0.15) is 63.0 Å². The zero-order chi connectivity index (χ0) is 21.0. The maximum Gasteiger partial charge on any atom is 0.0797 e. The number of rotatable bonds is 13. The molecule has 0 unspecified atom stereocenters. The van der Waals surface area contributed by atoms with Crippen LogP contribution >= 0.6 is 0 Å².